The van der Waals surface area contributed by atoms with E-state index >= 15 is 0 Å². The van der Waals surface area contributed by atoms with E-state index in [9.17, 15) is 0 Å². The molecule has 0 saturated carbocycles. The van der Waals surface area contributed by atoms with Gasteiger partial charge < -0.3 is 15.0 Å². The van der Waals surface area contributed by atoms with Crippen LogP contribution in [-0.2, 0) is 11.3 Å². The molecule has 0 spiro atoms. The normalized spacial score (nSPS) is 11.9. The van der Waals surface area contributed by atoms with E-state index in [1.807, 2.05) is 11.3 Å². The van der Waals surface area contributed by atoms with Gasteiger partial charge in [-0.3, -0.25) is 0 Å². The molecule has 0 radical (unpaired) electrons. The molecular formula is C16H31N3OS. The fourth-order valence-corrected chi connectivity index (χ4v) is 3.44. The maximum Gasteiger partial charge on any atom is 0.186 e. The lowest BCUT2D eigenvalue weighted by atomic mass is 10.1. The highest BCUT2D eigenvalue weighted by atomic mass is 32.1. The summed E-state index contributed by atoms with van der Waals surface area (Å²) < 4.78 is 5.23. The lowest BCUT2D eigenvalue weighted by molar-refractivity contribution is 0.204. The summed E-state index contributed by atoms with van der Waals surface area (Å²) in [7, 11) is 1.75. The lowest BCUT2D eigenvalue weighted by Crippen LogP contribution is -2.33. The molecule has 0 aliphatic rings. The van der Waals surface area contributed by atoms with Crippen molar-refractivity contribution in [2.75, 3.05) is 25.2 Å². The summed E-state index contributed by atoms with van der Waals surface area (Å²) >= 11 is 1.81. The summed E-state index contributed by atoms with van der Waals surface area (Å²) in [5.74, 6) is 0.454. The van der Waals surface area contributed by atoms with Gasteiger partial charge in [0.1, 0.15) is 0 Å². The van der Waals surface area contributed by atoms with E-state index < -0.39 is 0 Å². The second-order valence-corrected chi connectivity index (χ2v) is 7.34. The van der Waals surface area contributed by atoms with Crippen molar-refractivity contribution in [3.63, 3.8) is 0 Å². The first-order valence-electron chi connectivity index (χ1n) is 7.85. The molecule has 0 aliphatic carbocycles. The number of hydrogen-bond acceptors (Lipinski definition) is 5. The smallest absolute Gasteiger partial charge is 0.186 e. The van der Waals surface area contributed by atoms with Crippen LogP contribution in [-0.4, -0.2) is 37.3 Å². The van der Waals surface area contributed by atoms with Crippen molar-refractivity contribution >= 4 is 16.5 Å². The second-order valence-electron chi connectivity index (χ2n) is 6.28. The van der Waals surface area contributed by atoms with E-state index in [1.54, 1.807) is 7.11 Å². The minimum atomic E-state index is 0.428. The number of hydrogen-bond donors (Lipinski definition) is 1. The van der Waals surface area contributed by atoms with E-state index in [0.717, 1.165) is 24.8 Å². The maximum absolute atomic E-state index is 5.23. The SMILES string of the molecule is COCCN(c1nc(C(C)C)c(CNC(C)C)s1)C(C)C. The average Bonchev–Trinajstić information content (AvgIpc) is 2.80. The number of thiazole rings is 1. The molecule has 0 bridgehead atoms. The molecule has 1 N–H and O–H groups in total. The van der Waals surface area contributed by atoms with Crippen LogP contribution in [0.2, 0.25) is 0 Å². The quantitative estimate of drug-likeness (QED) is 0.755. The Bertz CT molecular complexity index is 416. The molecule has 0 aromatic carbocycles. The molecule has 0 saturated heterocycles. The summed E-state index contributed by atoms with van der Waals surface area (Å²) in [4.78, 5) is 8.60. The zero-order chi connectivity index (χ0) is 16.0. The Morgan fingerprint density at radius 1 is 1.19 bits per heavy atom. The van der Waals surface area contributed by atoms with E-state index in [2.05, 4.69) is 51.8 Å². The summed E-state index contributed by atoms with van der Waals surface area (Å²) in [6, 6.07) is 0.919. The van der Waals surface area contributed by atoms with Gasteiger partial charge >= 0.3 is 0 Å². The number of anilines is 1. The molecule has 5 heteroatoms. The minimum Gasteiger partial charge on any atom is -0.383 e. The average molecular weight is 314 g/mol. The third-order valence-electron chi connectivity index (χ3n) is 3.34. The molecule has 1 aromatic heterocycles. The Hall–Kier alpha value is -0.650. The van der Waals surface area contributed by atoms with Crippen LogP contribution in [0.4, 0.5) is 5.13 Å². The molecule has 0 fully saturated rings. The van der Waals surface area contributed by atoms with Gasteiger partial charge in [0.05, 0.1) is 12.3 Å². The molecule has 1 rings (SSSR count). The standard InChI is InChI=1S/C16H31N3OS/c1-11(2)15-14(10-17-12(3)4)21-16(18-15)19(13(5)6)8-9-20-7/h11-13,17H,8-10H2,1-7H3. The first-order chi connectivity index (χ1) is 9.86. The van der Waals surface area contributed by atoms with Gasteiger partial charge in [-0.05, 0) is 19.8 Å². The van der Waals surface area contributed by atoms with Crippen LogP contribution in [0.1, 0.15) is 58.0 Å². The van der Waals surface area contributed by atoms with Crippen molar-refractivity contribution in [3.05, 3.63) is 10.6 Å². The fraction of sp³-hybridized carbons (Fsp3) is 0.812. The first-order valence-corrected chi connectivity index (χ1v) is 8.67. The molecule has 0 unspecified atom stereocenters. The predicted octanol–water partition coefficient (Wildman–Crippen LogP) is 3.63. The Labute approximate surface area is 133 Å². The number of ether oxygens (including phenoxy) is 1. The summed E-state index contributed by atoms with van der Waals surface area (Å²) in [5, 5.41) is 4.63. The number of rotatable bonds is 9. The monoisotopic (exact) mass is 313 g/mol. The zero-order valence-electron chi connectivity index (χ0n) is 14.6. The summed E-state index contributed by atoms with van der Waals surface area (Å²) in [6.07, 6.45) is 0. The Morgan fingerprint density at radius 2 is 1.86 bits per heavy atom. The topological polar surface area (TPSA) is 37.4 Å². The van der Waals surface area contributed by atoms with Crippen molar-refractivity contribution in [1.29, 1.82) is 0 Å². The maximum atomic E-state index is 5.23. The molecule has 0 aliphatic heterocycles. The van der Waals surface area contributed by atoms with Crippen molar-refractivity contribution in [2.45, 2.75) is 66.1 Å². The summed E-state index contributed by atoms with van der Waals surface area (Å²) in [5.41, 5.74) is 1.23. The van der Waals surface area contributed by atoms with Gasteiger partial charge in [0, 0.05) is 37.2 Å². The van der Waals surface area contributed by atoms with Crippen LogP contribution >= 0.6 is 11.3 Å². The first kappa shape index (κ1) is 18.4. The van der Waals surface area contributed by atoms with E-state index in [4.69, 9.17) is 9.72 Å². The van der Waals surface area contributed by atoms with Gasteiger partial charge in [0.15, 0.2) is 5.13 Å². The number of nitrogens with one attached hydrogen (secondary N) is 1. The van der Waals surface area contributed by atoms with Crippen molar-refractivity contribution in [1.82, 2.24) is 10.3 Å². The molecule has 0 amide bonds. The molecule has 4 nitrogen and oxygen atoms in total. The minimum absolute atomic E-state index is 0.428. The molecule has 0 atom stereocenters. The second kappa shape index (κ2) is 8.71. The Morgan fingerprint density at radius 3 is 2.33 bits per heavy atom. The predicted molar refractivity (Wildman–Crippen MR) is 92.5 cm³/mol. The highest BCUT2D eigenvalue weighted by Crippen LogP contribution is 2.31. The van der Waals surface area contributed by atoms with Crippen LogP contribution in [0.25, 0.3) is 0 Å². The van der Waals surface area contributed by atoms with E-state index in [0.29, 0.717) is 18.0 Å². The van der Waals surface area contributed by atoms with Gasteiger partial charge in [-0.15, -0.1) is 11.3 Å². The van der Waals surface area contributed by atoms with Crippen molar-refractivity contribution in [3.8, 4) is 0 Å². The Kier molecular flexibility index (Phi) is 7.63. The lowest BCUT2D eigenvalue weighted by Gasteiger charge is -2.25. The van der Waals surface area contributed by atoms with Gasteiger partial charge in [0.2, 0.25) is 0 Å². The molecule has 122 valence electrons. The van der Waals surface area contributed by atoms with Gasteiger partial charge in [-0.1, -0.05) is 27.7 Å². The molecule has 1 aromatic rings. The molecule has 1 heterocycles. The molecular weight excluding hydrogens is 282 g/mol. The van der Waals surface area contributed by atoms with Gasteiger partial charge in [-0.25, -0.2) is 4.98 Å². The summed E-state index contributed by atoms with van der Waals surface area (Å²) in [6.45, 7) is 15.7. The van der Waals surface area contributed by atoms with Crippen LogP contribution in [0.5, 0.6) is 0 Å². The van der Waals surface area contributed by atoms with Crippen LogP contribution < -0.4 is 10.2 Å². The van der Waals surface area contributed by atoms with Crippen LogP contribution in [0, 0.1) is 0 Å². The van der Waals surface area contributed by atoms with Crippen molar-refractivity contribution < 1.29 is 4.74 Å². The number of nitrogens with zero attached hydrogens (tertiary/aromatic N) is 2. The number of methoxy groups -OCH3 is 1. The largest absolute Gasteiger partial charge is 0.383 e. The van der Waals surface area contributed by atoms with E-state index in [1.165, 1.54) is 10.6 Å². The van der Waals surface area contributed by atoms with E-state index in [-0.39, 0.29) is 0 Å². The fourth-order valence-electron chi connectivity index (χ4n) is 2.11. The van der Waals surface area contributed by atoms with Crippen LogP contribution in [0.15, 0.2) is 0 Å². The van der Waals surface area contributed by atoms with Gasteiger partial charge in [0.25, 0.3) is 0 Å². The number of aromatic nitrogens is 1. The Balaban J connectivity index is 2.97. The zero-order valence-corrected chi connectivity index (χ0v) is 15.4. The van der Waals surface area contributed by atoms with Crippen LogP contribution in [0.3, 0.4) is 0 Å². The third-order valence-corrected chi connectivity index (χ3v) is 4.45. The highest BCUT2D eigenvalue weighted by Gasteiger charge is 2.20. The van der Waals surface area contributed by atoms with Crippen molar-refractivity contribution in [2.24, 2.45) is 0 Å². The van der Waals surface area contributed by atoms with Gasteiger partial charge in [-0.2, -0.15) is 0 Å². The molecule has 21 heavy (non-hydrogen) atoms. The highest BCUT2D eigenvalue weighted by molar-refractivity contribution is 7.15. The third kappa shape index (κ3) is 5.57.